The van der Waals surface area contributed by atoms with Crippen LogP contribution in [0.1, 0.15) is 66.6 Å². The maximum absolute atomic E-state index is 13.6. The molecule has 9 heteroatoms. The van der Waals surface area contributed by atoms with Crippen molar-refractivity contribution in [1.82, 2.24) is 29.7 Å². The number of hydrogen-bond acceptors (Lipinski definition) is 5. The van der Waals surface area contributed by atoms with Gasteiger partial charge in [0.15, 0.2) is 6.10 Å². The molecule has 0 radical (unpaired) electrons. The molecule has 2 amide bonds. The molecule has 0 aliphatic carbocycles. The normalized spacial score (nSPS) is 17.8. The van der Waals surface area contributed by atoms with E-state index in [0.717, 1.165) is 88.6 Å². The van der Waals surface area contributed by atoms with Crippen LogP contribution in [-0.2, 0) is 20.7 Å². The summed E-state index contributed by atoms with van der Waals surface area (Å²) in [7, 11) is 1.58. The van der Waals surface area contributed by atoms with Crippen LogP contribution in [-0.4, -0.2) is 61.7 Å². The lowest BCUT2D eigenvalue weighted by Gasteiger charge is -2.27. The van der Waals surface area contributed by atoms with Gasteiger partial charge in [0.2, 0.25) is 5.91 Å². The Morgan fingerprint density at radius 3 is 1.69 bits per heavy atom. The Bertz CT molecular complexity index is 2130. The Hall–Kier alpha value is -5.80. The highest BCUT2D eigenvalue weighted by Gasteiger charge is 2.36. The maximum atomic E-state index is 13.6. The van der Waals surface area contributed by atoms with E-state index in [4.69, 9.17) is 14.7 Å². The van der Waals surface area contributed by atoms with E-state index in [2.05, 4.69) is 58.5 Å². The number of carbonyl (C=O) groups excluding carboxylic acids is 2. The van der Waals surface area contributed by atoms with Crippen molar-refractivity contribution < 1.29 is 14.3 Å². The van der Waals surface area contributed by atoms with Crippen LogP contribution < -0.4 is 0 Å². The smallest absolute Gasteiger partial charge is 0.256 e. The molecule has 0 spiro atoms. The number of nitrogens with one attached hydrogen (secondary N) is 2. The van der Waals surface area contributed by atoms with Crippen molar-refractivity contribution in [3.63, 3.8) is 0 Å². The number of carbonyl (C=O) groups is 2. The van der Waals surface area contributed by atoms with E-state index >= 15 is 0 Å². The lowest BCUT2D eigenvalue weighted by atomic mass is 10.0. The van der Waals surface area contributed by atoms with Crippen LogP contribution in [0.25, 0.3) is 33.6 Å². The van der Waals surface area contributed by atoms with Gasteiger partial charge in [-0.25, -0.2) is 9.97 Å². The quantitative estimate of drug-likeness (QED) is 0.151. The standard InChI is InChI=1S/C43H42N6O3/c1-52-40(34-12-6-3-7-13-34)43(51)49-25-9-15-38(49)42-45-28-36(47-42)33-22-18-31(19-23-33)30-16-20-32(21-17-30)35-27-44-41(46-35)37-14-8-24-48(37)39(50)26-29-10-4-2-5-11-29/h2-7,10-13,16-23,27-28,37-38,40H,8-9,14-15,24-26H2,1H3,(H,44,46)(H,45,47)/t37-,38-,40-/m0/s1. The number of H-pyrrole nitrogens is 2. The van der Waals surface area contributed by atoms with Crippen molar-refractivity contribution in [1.29, 1.82) is 0 Å². The Morgan fingerprint density at radius 1 is 0.673 bits per heavy atom. The maximum Gasteiger partial charge on any atom is 0.256 e. The molecule has 3 atom stereocenters. The Balaban J connectivity index is 0.918. The van der Waals surface area contributed by atoms with E-state index in [0.29, 0.717) is 13.0 Å². The molecule has 2 fully saturated rings. The summed E-state index contributed by atoms with van der Waals surface area (Å²) in [5, 5.41) is 0. The van der Waals surface area contributed by atoms with Crippen LogP contribution in [0.2, 0.25) is 0 Å². The topological polar surface area (TPSA) is 107 Å². The molecule has 0 saturated carbocycles. The fourth-order valence-electron chi connectivity index (χ4n) is 7.68. The Labute approximate surface area is 303 Å². The summed E-state index contributed by atoms with van der Waals surface area (Å²) in [5.41, 5.74) is 8.04. The third-order valence-corrected chi connectivity index (χ3v) is 10.4. The first-order valence-corrected chi connectivity index (χ1v) is 18.1. The number of aromatic nitrogens is 4. The van der Waals surface area contributed by atoms with Crippen LogP contribution in [0.3, 0.4) is 0 Å². The number of nitrogens with zero attached hydrogens (tertiary/aromatic N) is 4. The van der Waals surface area contributed by atoms with E-state index in [-0.39, 0.29) is 23.9 Å². The minimum atomic E-state index is -0.639. The molecular formula is C43H42N6O3. The van der Waals surface area contributed by atoms with Crippen LogP contribution in [0.4, 0.5) is 0 Å². The third-order valence-electron chi connectivity index (χ3n) is 10.4. The number of ether oxygens (including phenoxy) is 1. The average molecular weight is 691 g/mol. The summed E-state index contributed by atoms with van der Waals surface area (Å²) < 4.78 is 5.65. The Morgan fingerprint density at radius 2 is 1.15 bits per heavy atom. The second kappa shape index (κ2) is 14.8. The van der Waals surface area contributed by atoms with Gasteiger partial charge in [0.25, 0.3) is 5.91 Å². The van der Waals surface area contributed by atoms with Crippen LogP contribution in [0.15, 0.2) is 122 Å². The van der Waals surface area contributed by atoms with Crippen molar-refractivity contribution >= 4 is 11.8 Å². The lowest BCUT2D eigenvalue weighted by Crippen LogP contribution is -2.35. The number of benzene rings is 4. The predicted octanol–water partition coefficient (Wildman–Crippen LogP) is 8.09. The minimum Gasteiger partial charge on any atom is -0.367 e. The monoisotopic (exact) mass is 690 g/mol. The summed E-state index contributed by atoms with van der Waals surface area (Å²) in [6.45, 7) is 1.43. The van der Waals surface area contributed by atoms with E-state index in [1.807, 2.05) is 82.9 Å². The van der Waals surface area contributed by atoms with Crippen LogP contribution in [0.5, 0.6) is 0 Å². The van der Waals surface area contributed by atoms with E-state index in [1.165, 1.54) is 0 Å². The zero-order valence-corrected chi connectivity index (χ0v) is 29.2. The van der Waals surface area contributed by atoms with Gasteiger partial charge in [0, 0.05) is 20.2 Å². The van der Waals surface area contributed by atoms with Gasteiger partial charge in [-0.15, -0.1) is 0 Å². The zero-order chi connectivity index (χ0) is 35.4. The second-order valence-corrected chi connectivity index (χ2v) is 13.6. The van der Waals surface area contributed by atoms with Gasteiger partial charge in [-0.1, -0.05) is 109 Å². The molecule has 0 unspecified atom stereocenters. The molecule has 2 N–H and O–H groups in total. The summed E-state index contributed by atoms with van der Waals surface area (Å²) in [5.74, 6) is 1.74. The summed E-state index contributed by atoms with van der Waals surface area (Å²) >= 11 is 0. The SMILES string of the molecule is CO[C@H](C(=O)N1CCC[C@H]1c1ncc(-c2ccc(-c3ccc(-c4cnc([C@@H]5CCCN5C(=O)Cc5ccccc5)[nH]4)cc3)cc2)[nH]1)c1ccccc1. The van der Waals surface area contributed by atoms with E-state index in [9.17, 15) is 9.59 Å². The molecule has 2 aliphatic heterocycles. The van der Waals surface area contributed by atoms with Gasteiger partial charge >= 0.3 is 0 Å². The minimum absolute atomic E-state index is 0.0315. The van der Waals surface area contributed by atoms with Crippen molar-refractivity contribution in [2.75, 3.05) is 20.2 Å². The van der Waals surface area contributed by atoms with Crippen LogP contribution >= 0.6 is 0 Å². The van der Waals surface area contributed by atoms with Gasteiger partial charge in [-0.2, -0.15) is 0 Å². The second-order valence-electron chi connectivity index (χ2n) is 13.6. The molecule has 0 bridgehead atoms. The van der Waals surface area contributed by atoms with Crippen molar-refractivity contribution in [2.45, 2.75) is 50.3 Å². The van der Waals surface area contributed by atoms with Gasteiger partial charge in [0.1, 0.15) is 11.6 Å². The van der Waals surface area contributed by atoms with Crippen LogP contribution in [0, 0.1) is 0 Å². The molecule has 6 aromatic rings. The first-order chi connectivity index (χ1) is 25.6. The van der Waals surface area contributed by atoms with Gasteiger partial charge in [-0.05, 0) is 59.1 Å². The first-order valence-electron chi connectivity index (χ1n) is 18.1. The number of aromatic amines is 2. The summed E-state index contributed by atoms with van der Waals surface area (Å²) in [4.78, 5) is 47.1. The number of likely N-dealkylation sites (tertiary alicyclic amines) is 2. The number of amides is 2. The summed E-state index contributed by atoms with van der Waals surface area (Å²) in [6.07, 6.45) is 7.14. The fourth-order valence-corrected chi connectivity index (χ4v) is 7.68. The zero-order valence-electron chi connectivity index (χ0n) is 29.2. The first kappa shape index (κ1) is 33.3. The average Bonchev–Trinajstić information content (AvgIpc) is 4.03. The molecular weight excluding hydrogens is 649 g/mol. The van der Waals surface area contributed by atoms with Gasteiger partial charge in [-0.3, -0.25) is 9.59 Å². The van der Waals surface area contributed by atoms with Gasteiger partial charge in [0.05, 0.1) is 42.3 Å². The highest BCUT2D eigenvalue weighted by molar-refractivity contribution is 5.83. The fraction of sp³-hybridized carbons (Fsp3) is 0.256. The molecule has 2 saturated heterocycles. The molecule has 9 nitrogen and oxygen atoms in total. The molecule has 4 heterocycles. The number of methoxy groups -OCH3 is 1. The van der Waals surface area contributed by atoms with E-state index in [1.54, 1.807) is 7.11 Å². The third kappa shape index (κ3) is 6.79. The molecule has 8 rings (SSSR count). The number of rotatable bonds is 10. The number of hydrogen-bond donors (Lipinski definition) is 2. The van der Waals surface area contributed by atoms with Crippen molar-refractivity contribution in [3.05, 3.63) is 144 Å². The number of imidazole rings is 2. The van der Waals surface area contributed by atoms with Crippen molar-refractivity contribution in [2.24, 2.45) is 0 Å². The molecule has 2 aromatic heterocycles. The molecule has 262 valence electrons. The highest BCUT2D eigenvalue weighted by Crippen LogP contribution is 2.36. The van der Waals surface area contributed by atoms with Crippen molar-refractivity contribution in [3.8, 4) is 33.6 Å². The Kier molecular flexibility index (Phi) is 9.50. The molecule has 52 heavy (non-hydrogen) atoms. The van der Waals surface area contributed by atoms with E-state index < -0.39 is 6.10 Å². The van der Waals surface area contributed by atoms with Gasteiger partial charge < -0.3 is 24.5 Å². The molecule has 4 aromatic carbocycles. The molecule has 2 aliphatic rings. The lowest BCUT2D eigenvalue weighted by molar-refractivity contribution is -0.143. The summed E-state index contributed by atoms with van der Waals surface area (Å²) in [6, 6.07) is 36.3. The highest BCUT2D eigenvalue weighted by atomic mass is 16.5. The predicted molar refractivity (Wildman–Crippen MR) is 201 cm³/mol. The largest absolute Gasteiger partial charge is 0.367 e.